The fourth-order valence-corrected chi connectivity index (χ4v) is 4.17. The number of nitrogens with two attached hydrogens (primary N) is 1. The summed E-state index contributed by atoms with van der Waals surface area (Å²) in [6.45, 7) is 4.39. The number of carbonyl (C=O) groups excluding carboxylic acids is 1. The van der Waals surface area contributed by atoms with E-state index in [0.717, 1.165) is 34.0 Å². The lowest BCUT2D eigenvalue weighted by Gasteiger charge is -2.17. The van der Waals surface area contributed by atoms with Crippen LogP contribution in [0.2, 0.25) is 5.02 Å². The Labute approximate surface area is 156 Å². The Morgan fingerprint density at radius 1 is 1.44 bits per heavy atom. The van der Waals surface area contributed by atoms with E-state index in [0.29, 0.717) is 11.6 Å². The van der Waals surface area contributed by atoms with E-state index in [-0.39, 0.29) is 18.1 Å². The molecule has 1 aliphatic rings. The summed E-state index contributed by atoms with van der Waals surface area (Å²) in [4.78, 5) is 18.1. The van der Waals surface area contributed by atoms with Crippen molar-refractivity contribution in [3.05, 3.63) is 39.9 Å². The first kappa shape index (κ1) is 18.3. The lowest BCUT2D eigenvalue weighted by Crippen LogP contribution is -2.36. The molecule has 1 fully saturated rings. The van der Waals surface area contributed by atoms with Gasteiger partial charge in [0, 0.05) is 17.1 Å². The van der Waals surface area contributed by atoms with Gasteiger partial charge in [-0.15, -0.1) is 11.3 Å². The lowest BCUT2D eigenvalue weighted by atomic mass is 10.1. The molecule has 0 aliphatic carbocycles. The molecular formula is C18H22ClN3O2S. The van der Waals surface area contributed by atoms with Crippen LogP contribution in [-0.4, -0.2) is 29.6 Å². The van der Waals surface area contributed by atoms with Gasteiger partial charge in [-0.3, -0.25) is 4.79 Å². The summed E-state index contributed by atoms with van der Waals surface area (Å²) >= 11 is 7.53. The summed E-state index contributed by atoms with van der Waals surface area (Å²) < 4.78 is 5.66. The molecule has 1 saturated heterocycles. The van der Waals surface area contributed by atoms with Gasteiger partial charge in [-0.25, -0.2) is 4.98 Å². The molecule has 1 unspecified atom stereocenters. The van der Waals surface area contributed by atoms with Gasteiger partial charge in [0.2, 0.25) is 5.91 Å². The van der Waals surface area contributed by atoms with Crippen molar-refractivity contribution in [2.24, 2.45) is 5.73 Å². The van der Waals surface area contributed by atoms with E-state index in [2.05, 4.69) is 10.3 Å². The predicted octanol–water partition coefficient (Wildman–Crippen LogP) is 3.46. The number of thiazole rings is 1. The average Bonchev–Trinajstić information content (AvgIpc) is 3.22. The van der Waals surface area contributed by atoms with E-state index in [1.54, 1.807) is 11.3 Å². The van der Waals surface area contributed by atoms with Crippen molar-refractivity contribution in [2.45, 2.75) is 44.9 Å². The van der Waals surface area contributed by atoms with Crippen LogP contribution in [0.3, 0.4) is 0 Å². The smallest absolute Gasteiger partial charge is 0.249 e. The lowest BCUT2D eigenvalue weighted by molar-refractivity contribution is -0.132. The minimum Gasteiger partial charge on any atom is -0.364 e. The maximum Gasteiger partial charge on any atom is 0.249 e. The molecule has 0 saturated carbocycles. The standard InChI is InChI=1S/C18H22ClN3O2S/c1-10(21-17(23)15-8-7-14(9-20)24-15)16-11(2)22-18(25-16)12-3-5-13(19)6-4-12/h3-6,10,14-15H,7-9,20H2,1-2H3,(H,21,23)/t10?,14-,15+/m1/s1. The minimum atomic E-state index is -0.403. The van der Waals surface area contributed by atoms with Gasteiger partial charge in [-0.05, 0) is 38.8 Å². The SMILES string of the molecule is Cc1nc(-c2ccc(Cl)cc2)sc1C(C)NC(=O)[C@@H]1CC[C@H](CN)O1. The molecule has 1 aliphatic heterocycles. The second-order valence-electron chi connectivity index (χ2n) is 6.27. The average molecular weight is 380 g/mol. The van der Waals surface area contributed by atoms with E-state index in [1.165, 1.54) is 0 Å². The molecule has 2 aromatic rings. The van der Waals surface area contributed by atoms with Crippen molar-refractivity contribution in [3.63, 3.8) is 0 Å². The first-order chi connectivity index (χ1) is 12.0. The molecule has 7 heteroatoms. The Hall–Kier alpha value is -1.47. The molecule has 1 aromatic heterocycles. The van der Waals surface area contributed by atoms with Crippen LogP contribution in [-0.2, 0) is 9.53 Å². The second kappa shape index (κ2) is 7.83. The zero-order valence-corrected chi connectivity index (χ0v) is 15.9. The number of hydrogen-bond donors (Lipinski definition) is 2. The molecule has 3 rings (SSSR count). The van der Waals surface area contributed by atoms with E-state index < -0.39 is 6.10 Å². The molecule has 134 valence electrons. The summed E-state index contributed by atoms with van der Waals surface area (Å²) in [5.74, 6) is -0.0794. The molecule has 0 radical (unpaired) electrons. The molecule has 5 nitrogen and oxygen atoms in total. The largest absolute Gasteiger partial charge is 0.364 e. The summed E-state index contributed by atoms with van der Waals surface area (Å²) in [7, 11) is 0. The zero-order valence-electron chi connectivity index (χ0n) is 14.3. The monoisotopic (exact) mass is 379 g/mol. The van der Waals surface area contributed by atoms with E-state index in [1.807, 2.05) is 38.1 Å². The van der Waals surface area contributed by atoms with E-state index >= 15 is 0 Å². The quantitative estimate of drug-likeness (QED) is 0.834. The van der Waals surface area contributed by atoms with Crippen LogP contribution >= 0.6 is 22.9 Å². The minimum absolute atomic E-state index is 0.00676. The number of amides is 1. The number of hydrogen-bond acceptors (Lipinski definition) is 5. The van der Waals surface area contributed by atoms with Crippen molar-refractivity contribution >= 4 is 28.8 Å². The van der Waals surface area contributed by atoms with Crippen LogP contribution in [0, 0.1) is 6.92 Å². The second-order valence-corrected chi connectivity index (χ2v) is 7.73. The van der Waals surface area contributed by atoms with Crippen LogP contribution in [0.1, 0.15) is 36.4 Å². The fourth-order valence-electron chi connectivity index (χ4n) is 2.97. The first-order valence-corrected chi connectivity index (χ1v) is 9.56. The van der Waals surface area contributed by atoms with Crippen LogP contribution in [0.15, 0.2) is 24.3 Å². The van der Waals surface area contributed by atoms with E-state index in [9.17, 15) is 4.79 Å². The number of carbonyl (C=O) groups is 1. The maximum absolute atomic E-state index is 12.4. The summed E-state index contributed by atoms with van der Waals surface area (Å²) in [6.07, 6.45) is 1.15. The number of rotatable bonds is 5. The number of nitrogens with zero attached hydrogens (tertiary/aromatic N) is 1. The van der Waals surface area contributed by atoms with Crippen molar-refractivity contribution in [3.8, 4) is 10.6 Å². The zero-order chi connectivity index (χ0) is 18.0. The Morgan fingerprint density at radius 2 is 2.16 bits per heavy atom. The number of ether oxygens (including phenoxy) is 1. The number of aromatic nitrogens is 1. The Morgan fingerprint density at radius 3 is 2.80 bits per heavy atom. The van der Waals surface area contributed by atoms with Crippen molar-refractivity contribution in [1.29, 1.82) is 0 Å². The van der Waals surface area contributed by atoms with Crippen LogP contribution in [0.4, 0.5) is 0 Å². The molecule has 0 spiro atoms. The highest BCUT2D eigenvalue weighted by Crippen LogP contribution is 2.32. The van der Waals surface area contributed by atoms with Gasteiger partial charge in [-0.2, -0.15) is 0 Å². The highest BCUT2D eigenvalue weighted by molar-refractivity contribution is 7.15. The highest BCUT2D eigenvalue weighted by atomic mass is 35.5. The fraction of sp³-hybridized carbons (Fsp3) is 0.444. The van der Waals surface area contributed by atoms with Crippen LogP contribution in [0.25, 0.3) is 10.6 Å². The van der Waals surface area contributed by atoms with E-state index in [4.69, 9.17) is 22.1 Å². The first-order valence-electron chi connectivity index (χ1n) is 8.37. The van der Waals surface area contributed by atoms with Crippen molar-refractivity contribution in [1.82, 2.24) is 10.3 Å². The Balaban J connectivity index is 1.69. The molecule has 25 heavy (non-hydrogen) atoms. The molecule has 3 N–H and O–H groups in total. The number of halogens is 1. The summed E-state index contributed by atoms with van der Waals surface area (Å²) in [5.41, 5.74) is 7.55. The van der Waals surface area contributed by atoms with Gasteiger partial charge in [-0.1, -0.05) is 23.7 Å². The van der Waals surface area contributed by atoms with Crippen molar-refractivity contribution in [2.75, 3.05) is 6.54 Å². The van der Waals surface area contributed by atoms with Gasteiger partial charge in [0.15, 0.2) is 0 Å². The molecule has 1 aromatic carbocycles. The Kier molecular flexibility index (Phi) is 5.74. The number of nitrogens with one attached hydrogen (secondary N) is 1. The summed E-state index contributed by atoms with van der Waals surface area (Å²) in [5, 5.41) is 4.66. The third kappa shape index (κ3) is 4.20. The molecular weight excluding hydrogens is 358 g/mol. The number of benzene rings is 1. The van der Waals surface area contributed by atoms with Gasteiger partial charge in [0.25, 0.3) is 0 Å². The topological polar surface area (TPSA) is 77.2 Å². The number of aryl methyl sites for hydroxylation is 1. The van der Waals surface area contributed by atoms with Gasteiger partial charge < -0.3 is 15.8 Å². The molecule has 1 amide bonds. The maximum atomic E-state index is 12.4. The van der Waals surface area contributed by atoms with Gasteiger partial charge in [0.1, 0.15) is 11.1 Å². The van der Waals surface area contributed by atoms with Gasteiger partial charge in [0.05, 0.1) is 22.7 Å². The molecule has 3 atom stereocenters. The predicted molar refractivity (Wildman–Crippen MR) is 101 cm³/mol. The Bertz CT molecular complexity index is 747. The van der Waals surface area contributed by atoms with Crippen LogP contribution < -0.4 is 11.1 Å². The molecule has 2 heterocycles. The highest BCUT2D eigenvalue weighted by Gasteiger charge is 2.31. The van der Waals surface area contributed by atoms with Crippen LogP contribution in [0.5, 0.6) is 0 Å². The third-order valence-electron chi connectivity index (χ3n) is 4.34. The van der Waals surface area contributed by atoms with Crippen molar-refractivity contribution < 1.29 is 9.53 Å². The van der Waals surface area contributed by atoms with Gasteiger partial charge >= 0.3 is 0 Å². The summed E-state index contributed by atoms with van der Waals surface area (Å²) in [6, 6.07) is 7.49. The molecule has 0 bridgehead atoms. The normalized spacial score (nSPS) is 21.3. The third-order valence-corrected chi connectivity index (χ3v) is 5.98.